The molecule has 2 heterocycles. The maximum atomic E-state index is 13.0. The molecule has 106 valence electrons. The van der Waals surface area contributed by atoms with Gasteiger partial charge >= 0.3 is 6.18 Å². The second kappa shape index (κ2) is 5.20. The zero-order valence-electron chi connectivity index (χ0n) is 10.6. The SMILES string of the molecule is CN(C)C(=O)c1sc(-c2cccnc2)nc1C(F)(F)F. The molecule has 0 unspecified atom stereocenters. The maximum Gasteiger partial charge on any atom is 0.435 e. The van der Waals surface area contributed by atoms with E-state index in [1.165, 1.54) is 26.5 Å². The number of alkyl halides is 3. The molecule has 0 aliphatic carbocycles. The molecule has 0 aliphatic heterocycles. The van der Waals surface area contributed by atoms with Crippen LogP contribution in [-0.2, 0) is 6.18 Å². The number of halogens is 3. The Morgan fingerprint density at radius 1 is 1.35 bits per heavy atom. The first-order valence-electron chi connectivity index (χ1n) is 5.50. The maximum absolute atomic E-state index is 13.0. The summed E-state index contributed by atoms with van der Waals surface area (Å²) < 4.78 is 38.9. The van der Waals surface area contributed by atoms with Crippen molar-refractivity contribution >= 4 is 17.2 Å². The lowest BCUT2D eigenvalue weighted by atomic mass is 10.3. The Kier molecular flexibility index (Phi) is 3.76. The van der Waals surface area contributed by atoms with E-state index in [4.69, 9.17) is 0 Å². The fourth-order valence-corrected chi connectivity index (χ4v) is 2.57. The summed E-state index contributed by atoms with van der Waals surface area (Å²) in [4.78, 5) is 19.9. The second-order valence-electron chi connectivity index (χ2n) is 4.14. The van der Waals surface area contributed by atoms with Crippen LogP contribution in [0.2, 0.25) is 0 Å². The van der Waals surface area contributed by atoms with Gasteiger partial charge in [0.1, 0.15) is 9.88 Å². The molecule has 2 aromatic heterocycles. The largest absolute Gasteiger partial charge is 0.435 e. The fraction of sp³-hybridized carbons (Fsp3) is 0.250. The third-order valence-electron chi connectivity index (χ3n) is 2.40. The Balaban J connectivity index is 2.56. The molecule has 0 spiro atoms. The zero-order valence-corrected chi connectivity index (χ0v) is 11.4. The van der Waals surface area contributed by atoms with Crippen LogP contribution in [0.15, 0.2) is 24.5 Å². The van der Waals surface area contributed by atoms with Gasteiger partial charge in [0, 0.05) is 32.1 Å². The number of hydrogen-bond acceptors (Lipinski definition) is 4. The summed E-state index contributed by atoms with van der Waals surface area (Å²) in [6, 6.07) is 3.19. The summed E-state index contributed by atoms with van der Waals surface area (Å²) >= 11 is 0.714. The van der Waals surface area contributed by atoms with Gasteiger partial charge in [0.2, 0.25) is 0 Å². The number of nitrogens with zero attached hydrogens (tertiary/aromatic N) is 3. The summed E-state index contributed by atoms with van der Waals surface area (Å²) in [5.41, 5.74) is -0.708. The van der Waals surface area contributed by atoms with E-state index < -0.39 is 22.7 Å². The highest BCUT2D eigenvalue weighted by molar-refractivity contribution is 7.17. The van der Waals surface area contributed by atoms with Gasteiger partial charge < -0.3 is 4.90 Å². The lowest BCUT2D eigenvalue weighted by molar-refractivity contribution is -0.141. The summed E-state index contributed by atoms with van der Waals surface area (Å²) in [5, 5.41) is 0.121. The Morgan fingerprint density at radius 2 is 2.05 bits per heavy atom. The number of aromatic nitrogens is 2. The molecule has 0 N–H and O–H groups in total. The second-order valence-corrected chi connectivity index (χ2v) is 5.13. The van der Waals surface area contributed by atoms with Crippen LogP contribution >= 0.6 is 11.3 Å². The van der Waals surface area contributed by atoms with Crippen molar-refractivity contribution in [1.29, 1.82) is 0 Å². The number of thiazole rings is 1. The predicted octanol–water partition coefficient (Wildman–Crippen LogP) is 2.93. The lowest BCUT2D eigenvalue weighted by Crippen LogP contribution is -2.23. The quantitative estimate of drug-likeness (QED) is 0.857. The van der Waals surface area contributed by atoms with Crippen molar-refractivity contribution in [3.8, 4) is 10.6 Å². The fourth-order valence-electron chi connectivity index (χ4n) is 1.47. The molecule has 20 heavy (non-hydrogen) atoms. The highest BCUT2D eigenvalue weighted by atomic mass is 32.1. The minimum atomic E-state index is -4.67. The molecule has 0 fully saturated rings. The number of amides is 1. The lowest BCUT2D eigenvalue weighted by Gasteiger charge is -2.10. The highest BCUT2D eigenvalue weighted by Gasteiger charge is 2.40. The first kappa shape index (κ1) is 14.4. The summed E-state index contributed by atoms with van der Waals surface area (Å²) in [6.07, 6.45) is -1.76. The van der Waals surface area contributed by atoms with Gasteiger partial charge in [0.05, 0.1) is 0 Å². The third-order valence-corrected chi connectivity index (χ3v) is 3.50. The van der Waals surface area contributed by atoms with E-state index in [-0.39, 0.29) is 5.01 Å². The van der Waals surface area contributed by atoms with E-state index >= 15 is 0 Å². The van der Waals surface area contributed by atoms with Gasteiger partial charge in [-0.25, -0.2) is 4.98 Å². The average molecular weight is 301 g/mol. The number of carbonyl (C=O) groups is 1. The third kappa shape index (κ3) is 2.79. The predicted molar refractivity (Wildman–Crippen MR) is 68.4 cm³/mol. The standard InChI is InChI=1S/C12H10F3N3OS/c1-18(2)11(19)8-9(12(13,14)15)17-10(20-8)7-4-3-5-16-6-7/h3-6H,1-2H3. The smallest absolute Gasteiger partial charge is 0.344 e. The molecule has 2 rings (SSSR count). The van der Waals surface area contributed by atoms with E-state index in [1.54, 1.807) is 12.1 Å². The van der Waals surface area contributed by atoms with Crippen molar-refractivity contribution in [2.24, 2.45) is 0 Å². The van der Waals surface area contributed by atoms with Gasteiger partial charge in [-0.1, -0.05) is 0 Å². The van der Waals surface area contributed by atoms with Gasteiger partial charge in [-0.15, -0.1) is 11.3 Å². The Hall–Kier alpha value is -1.96. The van der Waals surface area contributed by atoms with Crippen LogP contribution in [0.4, 0.5) is 13.2 Å². The molecule has 0 aliphatic rings. The molecule has 0 atom stereocenters. The number of hydrogen-bond donors (Lipinski definition) is 0. The Bertz CT molecular complexity index is 623. The zero-order chi connectivity index (χ0) is 14.9. The van der Waals surface area contributed by atoms with Crippen LogP contribution in [0.25, 0.3) is 10.6 Å². The Labute approximate surface area is 116 Å². The molecule has 0 bridgehead atoms. The van der Waals surface area contributed by atoms with E-state index in [2.05, 4.69) is 9.97 Å². The van der Waals surface area contributed by atoms with Crippen LogP contribution in [0.3, 0.4) is 0 Å². The van der Waals surface area contributed by atoms with E-state index in [9.17, 15) is 18.0 Å². The van der Waals surface area contributed by atoms with Crippen molar-refractivity contribution < 1.29 is 18.0 Å². The number of pyridine rings is 1. The molecule has 8 heteroatoms. The van der Waals surface area contributed by atoms with Crippen molar-refractivity contribution in [2.45, 2.75) is 6.18 Å². The van der Waals surface area contributed by atoms with Gasteiger partial charge in [-0.3, -0.25) is 9.78 Å². The normalized spacial score (nSPS) is 11.4. The van der Waals surface area contributed by atoms with Gasteiger partial charge in [-0.05, 0) is 12.1 Å². The van der Waals surface area contributed by atoms with E-state index in [0.29, 0.717) is 16.9 Å². The van der Waals surface area contributed by atoms with Crippen LogP contribution in [0.5, 0.6) is 0 Å². The molecular formula is C12H10F3N3OS. The topological polar surface area (TPSA) is 46.1 Å². The molecule has 4 nitrogen and oxygen atoms in total. The van der Waals surface area contributed by atoms with Crippen molar-refractivity contribution in [3.63, 3.8) is 0 Å². The molecular weight excluding hydrogens is 291 g/mol. The monoisotopic (exact) mass is 301 g/mol. The van der Waals surface area contributed by atoms with Crippen molar-refractivity contribution in [1.82, 2.24) is 14.9 Å². The minimum absolute atomic E-state index is 0.121. The summed E-state index contributed by atoms with van der Waals surface area (Å²) in [5.74, 6) is -0.718. The van der Waals surface area contributed by atoms with Gasteiger partial charge in [-0.2, -0.15) is 13.2 Å². The van der Waals surface area contributed by atoms with E-state index in [1.807, 2.05) is 0 Å². The van der Waals surface area contributed by atoms with Crippen LogP contribution in [-0.4, -0.2) is 34.9 Å². The van der Waals surface area contributed by atoms with Crippen molar-refractivity contribution in [3.05, 3.63) is 35.1 Å². The minimum Gasteiger partial charge on any atom is -0.344 e. The van der Waals surface area contributed by atoms with Gasteiger partial charge in [0.25, 0.3) is 5.91 Å². The number of carbonyl (C=O) groups excluding carboxylic acids is 1. The highest BCUT2D eigenvalue weighted by Crippen LogP contribution is 2.37. The van der Waals surface area contributed by atoms with Crippen molar-refractivity contribution in [2.75, 3.05) is 14.1 Å². The molecule has 0 radical (unpaired) electrons. The van der Waals surface area contributed by atoms with Crippen LogP contribution in [0, 0.1) is 0 Å². The molecule has 0 aromatic carbocycles. The molecule has 0 saturated heterocycles. The first-order valence-corrected chi connectivity index (χ1v) is 6.32. The van der Waals surface area contributed by atoms with E-state index in [0.717, 1.165) is 4.90 Å². The molecule has 2 aromatic rings. The first-order chi connectivity index (χ1) is 9.30. The van der Waals surface area contributed by atoms with Crippen LogP contribution in [0.1, 0.15) is 15.4 Å². The van der Waals surface area contributed by atoms with Crippen LogP contribution < -0.4 is 0 Å². The Morgan fingerprint density at radius 3 is 2.55 bits per heavy atom. The average Bonchev–Trinajstić information content (AvgIpc) is 2.83. The summed E-state index contributed by atoms with van der Waals surface area (Å²) in [6.45, 7) is 0. The molecule has 1 amide bonds. The summed E-state index contributed by atoms with van der Waals surface area (Å²) in [7, 11) is 2.79. The molecule has 0 saturated carbocycles. The number of rotatable bonds is 2. The van der Waals surface area contributed by atoms with Gasteiger partial charge in [0.15, 0.2) is 5.69 Å².